The van der Waals surface area contributed by atoms with Gasteiger partial charge in [-0.05, 0) is 56.7 Å². The summed E-state index contributed by atoms with van der Waals surface area (Å²) in [5.41, 5.74) is 5.70. The second kappa shape index (κ2) is 5.89. The first-order valence-electron chi connectivity index (χ1n) is 10.2. The van der Waals surface area contributed by atoms with Crippen molar-refractivity contribution in [2.45, 2.75) is 70.9 Å². The molecular weight excluding hydrogens is 308 g/mol. The lowest BCUT2D eigenvalue weighted by Gasteiger charge is -2.42. The van der Waals surface area contributed by atoms with Gasteiger partial charge in [-0.3, -0.25) is 4.79 Å². The highest BCUT2D eigenvalue weighted by Crippen LogP contribution is 2.43. The normalized spacial score (nSPS) is 23.7. The van der Waals surface area contributed by atoms with E-state index < -0.39 is 0 Å². The zero-order valence-electron chi connectivity index (χ0n) is 15.3. The predicted molar refractivity (Wildman–Crippen MR) is 101 cm³/mol. The summed E-state index contributed by atoms with van der Waals surface area (Å²) >= 11 is 0. The minimum Gasteiger partial charge on any atom is -0.341 e. The molecule has 5 rings (SSSR count). The average molecular weight is 336 g/mol. The Hall–Kier alpha value is -1.77. The van der Waals surface area contributed by atoms with Crippen LogP contribution < -0.4 is 0 Å². The van der Waals surface area contributed by atoms with Gasteiger partial charge in [0, 0.05) is 35.6 Å². The van der Waals surface area contributed by atoms with Crippen molar-refractivity contribution >= 4 is 16.8 Å². The van der Waals surface area contributed by atoms with Crippen LogP contribution in [0, 0.1) is 12.8 Å². The number of fused-ring (bicyclic) bond motifs is 3. The lowest BCUT2D eigenvalue weighted by Crippen LogP contribution is -2.46. The molecule has 0 spiro atoms. The van der Waals surface area contributed by atoms with Crippen LogP contribution in [-0.4, -0.2) is 21.9 Å². The van der Waals surface area contributed by atoms with E-state index in [1.807, 2.05) is 0 Å². The molecule has 0 radical (unpaired) electrons. The molecule has 3 aliphatic rings. The van der Waals surface area contributed by atoms with Gasteiger partial charge in [-0.2, -0.15) is 0 Å². The van der Waals surface area contributed by atoms with Gasteiger partial charge in [-0.15, -0.1) is 0 Å². The van der Waals surface area contributed by atoms with Crippen LogP contribution in [0.4, 0.5) is 0 Å². The molecule has 25 heavy (non-hydrogen) atoms. The fraction of sp³-hybridized carbons (Fsp3) is 0.591. The molecule has 3 nitrogen and oxygen atoms in total. The number of carbonyl (C=O) groups is 1. The lowest BCUT2D eigenvalue weighted by atomic mass is 9.85. The van der Waals surface area contributed by atoms with Crippen molar-refractivity contribution in [3.63, 3.8) is 0 Å². The number of hydrogen-bond acceptors (Lipinski definition) is 1. The maximum Gasteiger partial charge on any atom is 0.226 e. The average Bonchev–Trinajstić information content (AvgIpc) is 2.97. The Balaban J connectivity index is 1.56. The molecule has 1 aliphatic heterocycles. The fourth-order valence-electron chi connectivity index (χ4n) is 5.57. The molecule has 1 aromatic heterocycles. The van der Waals surface area contributed by atoms with E-state index in [0.717, 1.165) is 32.4 Å². The van der Waals surface area contributed by atoms with E-state index in [4.69, 9.17) is 0 Å². The summed E-state index contributed by atoms with van der Waals surface area (Å²) < 4.78 is 2.53. The highest BCUT2D eigenvalue weighted by molar-refractivity contribution is 5.88. The summed E-state index contributed by atoms with van der Waals surface area (Å²) in [6.07, 6.45) is 9.52. The van der Waals surface area contributed by atoms with Crippen molar-refractivity contribution in [1.29, 1.82) is 0 Å². The van der Waals surface area contributed by atoms with Gasteiger partial charge in [0.05, 0.1) is 6.04 Å². The monoisotopic (exact) mass is 336 g/mol. The van der Waals surface area contributed by atoms with Gasteiger partial charge < -0.3 is 9.47 Å². The molecule has 2 aromatic rings. The zero-order chi connectivity index (χ0) is 17.0. The number of nitrogens with zero attached hydrogens (tertiary/aromatic N) is 2. The number of aromatic nitrogens is 1. The van der Waals surface area contributed by atoms with Crippen molar-refractivity contribution in [2.24, 2.45) is 5.92 Å². The fourth-order valence-corrected chi connectivity index (χ4v) is 5.57. The Bertz CT molecular complexity index is 828. The third-order valence-electron chi connectivity index (χ3n) is 6.77. The van der Waals surface area contributed by atoms with E-state index in [-0.39, 0.29) is 5.92 Å². The second-order valence-electron chi connectivity index (χ2n) is 8.31. The highest BCUT2D eigenvalue weighted by Gasteiger charge is 2.39. The number of aryl methyl sites for hydroxylation is 2. The number of benzene rings is 1. The van der Waals surface area contributed by atoms with Crippen LogP contribution in [0.2, 0.25) is 0 Å². The number of carbonyl (C=O) groups excluding carboxylic acids is 1. The molecule has 1 amide bonds. The van der Waals surface area contributed by atoms with E-state index in [0.29, 0.717) is 11.9 Å². The van der Waals surface area contributed by atoms with Gasteiger partial charge in [-0.25, -0.2) is 0 Å². The maximum absolute atomic E-state index is 13.3. The van der Waals surface area contributed by atoms with Crippen LogP contribution in [-0.2, 0) is 17.8 Å². The SMILES string of the molecule is Cc1ccc2c(c1)c1c3n2CCN(C(=O)C2CCCCC2)[C@@H]3CCC1. The van der Waals surface area contributed by atoms with Crippen LogP contribution in [0.1, 0.15) is 67.8 Å². The van der Waals surface area contributed by atoms with E-state index >= 15 is 0 Å². The molecule has 0 unspecified atom stereocenters. The Morgan fingerprint density at radius 1 is 1.04 bits per heavy atom. The minimum absolute atomic E-state index is 0.289. The first kappa shape index (κ1) is 15.5. The van der Waals surface area contributed by atoms with E-state index in [2.05, 4.69) is 34.6 Å². The van der Waals surface area contributed by atoms with Gasteiger partial charge in [-0.1, -0.05) is 30.9 Å². The van der Waals surface area contributed by atoms with Gasteiger partial charge in [0.2, 0.25) is 5.91 Å². The predicted octanol–water partition coefficient (Wildman–Crippen LogP) is 4.75. The summed E-state index contributed by atoms with van der Waals surface area (Å²) in [5, 5.41) is 1.44. The van der Waals surface area contributed by atoms with E-state index in [1.54, 1.807) is 0 Å². The molecule has 1 atom stereocenters. The van der Waals surface area contributed by atoms with Crippen LogP contribution in [0.3, 0.4) is 0 Å². The molecule has 0 bridgehead atoms. The van der Waals surface area contributed by atoms with Crippen LogP contribution in [0.25, 0.3) is 10.9 Å². The lowest BCUT2D eigenvalue weighted by molar-refractivity contribution is -0.140. The summed E-state index contributed by atoms with van der Waals surface area (Å²) in [5.74, 6) is 0.738. The summed E-state index contributed by atoms with van der Waals surface area (Å²) in [7, 11) is 0. The third-order valence-corrected chi connectivity index (χ3v) is 6.77. The molecule has 2 heterocycles. The molecular formula is C22H28N2O. The molecule has 0 N–H and O–H groups in total. The standard InChI is InChI=1S/C22H28N2O/c1-15-10-11-19-18(14-15)17-8-5-9-20-21(17)23(19)12-13-24(20)22(25)16-6-3-2-4-7-16/h10-11,14,16,20H,2-9,12-13H2,1H3/t20-/m1/s1. The topological polar surface area (TPSA) is 25.2 Å². The maximum atomic E-state index is 13.3. The molecule has 132 valence electrons. The van der Waals surface area contributed by atoms with Crippen LogP contribution in [0.15, 0.2) is 18.2 Å². The number of rotatable bonds is 1. The Labute approximate surface area is 150 Å². The molecule has 1 fully saturated rings. The quantitative estimate of drug-likeness (QED) is 0.738. The van der Waals surface area contributed by atoms with Gasteiger partial charge in [0.15, 0.2) is 0 Å². The number of hydrogen-bond donors (Lipinski definition) is 0. The largest absolute Gasteiger partial charge is 0.341 e. The highest BCUT2D eigenvalue weighted by atomic mass is 16.2. The van der Waals surface area contributed by atoms with Gasteiger partial charge in [0.25, 0.3) is 0 Å². The molecule has 2 aliphatic carbocycles. The Kier molecular flexibility index (Phi) is 3.65. The van der Waals surface area contributed by atoms with Crippen LogP contribution in [0.5, 0.6) is 0 Å². The van der Waals surface area contributed by atoms with Gasteiger partial charge in [0.1, 0.15) is 0 Å². The van der Waals surface area contributed by atoms with Crippen molar-refractivity contribution < 1.29 is 4.79 Å². The van der Waals surface area contributed by atoms with E-state index in [1.165, 1.54) is 59.8 Å². The van der Waals surface area contributed by atoms with Crippen molar-refractivity contribution in [1.82, 2.24) is 9.47 Å². The second-order valence-corrected chi connectivity index (χ2v) is 8.31. The molecule has 3 heteroatoms. The van der Waals surface area contributed by atoms with Crippen molar-refractivity contribution in [3.8, 4) is 0 Å². The molecule has 0 saturated heterocycles. The Morgan fingerprint density at radius 2 is 1.88 bits per heavy atom. The summed E-state index contributed by atoms with van der Waals surface area (Å²) in [6, 6.07) is 7.19. The van der Waals surface area contributed by atoms with Gasteiger partial charge >= 0.3 is 0 Å². The zero-order valence-corrected chi connectivity index (χ0v) is 15.3. The first-order chi connectivity index (χ1) is 12.2. The molecule has 1 aromatic carbocycles. The van der Waals surface area contributed by atoms with Crippen molar-refractivity contribution in [2.75, 3.05) is 6.54 Å². The van der Waals surface area contributed by atoms with Crippen molar-refractivity contribution in [3.05, 3.63) is 35.0 Å². The first-order valence-corrected chi connectivity index (χ1v) is 10.2. The summed E-state index contributed by atoms with van der Waals surface area (Å²) in [6.45, 7) is 4.04. The Morgan fingerprint density at radius 3 is 2.72 bits per heavy atom. The van der Waals surface area contributed by atoms with E-state index in [9.17, 15) is 4.79 Å². The number of amides is 1. The smallest absolute Gasteiger partial charge is 0.226 e. The summed E-state index contributed by atoms with van der Waals surface area (Å²) in [4.78, 5) is 15.5. The third kappa shape index (κ3) is 2.35. The minimum atomic E-state index is 0.289. The van der Waals surface area contributed by atoms with Crippen LogP contribution >= 0.6 is 0 Å². The molecule has 1 saturated carbocycles.